The Morgan fingerprint density at radius 1 is 1.26 bits per heavy atom. The number of nitrogens with one attached hydrogen (secondary N) is 1. The lowest BCUT2D eigenvalue weighted by Crippen LogP contribution is -2.50. The van der Waals surface area contributed by atoms with Crippen LogP contribution in [0.3, 0.4) is 0 Å². The second-order valence-electron chi connectivity index (χ2n) is 7.46. The summed E-state index contributed by atoms with van der Waals surface area (Å²) in [7, 11) is 2.17. The predicted octanol–water partition coefficient (Wildman–Crippen LogP) is 2.65. The molecule has 1 amide bonds. The van der Waals surface area contributed by atoms with Gasteiger partial charge >= 0.3 is 6.09 Å². The molecule has 0 aromatic carbocycles. The highest BCUT2D eigenvalue weighted by Gasteiger charge is 2.32. The van der Waals surface area contributed by atoms with Gasteiger partial charge in [0.2, 0.25) is 0 Å². The smallest absolute Gasteiger partial charge is 0.418 e. The Morgan fingerprint density at radius 2 is 1.96 bits per heavy atom. The van der Waals surface area contributed by atoms with E-state index in [1.165, 1.54) is 25.0 Å². The molecule has 2 aliphatic heterocycles. The maximum atomic E-state index is 12.0. The van der Waals surface area contributed by atoms with E-state index in [1.54, 1.807) is 0 Å². The summed E-state index contributed by atoms with van der Waals surface area (Å²) in [5.74, 6) is 0. The minimum atomic E-state index is -0.473. The first-order valence-corrected chi connectivity index (χ1v) is 9.33. The van der Waals surface area contributed by atoms with Gasteiger partial charge in [0.25, 0.3) is 0 Å². The Kier molecular flexibility index (Phi) is 7.00. The van der Waals surface area contributed by atoms with Crippen molar-refractivity contribution in [3.05, 3.63) is 0 Å². The lowest BCUT2D eigenvalue weighted by Gasteiger charge is -2.42. The summed E-state index contributed by atoms with van der Waals surface area (Å²) in [4.78, 5) is 14.3. The predicted molar refractivity (Wildman–Crippen MR) is 93.2 cm³/mol. The van der Waals surface area contributed by atoms with Gasteiger partial charge < -0.3 is 14.4 Å². The molecule has 2 heterocycles. The number of carbonyl (C=O) groups excluding carboxylic acids is 1. The number of nitrogens with zero attached hydrogens (tertiary/aromatic N) is 2. The number of likely N-dealkylation sites (N-methyl/N-ethyl adjacent to an activating group) is 1. The molecule has 2 aliphatic rings. The average molecular weight is 346 g/mol. The Morgan fingerprint density at radius 3 is 2.57 bits per heavy atom. The molecule has 23 heavy (non-hydrogen) atoms. The minimum absolute atomic E-state index is 0.372. The van der Waals surface area contributed by atoms with Crippen LogP contribution in [0, 0.1) is 0 Å². The van der Waals surface area contributed by atoms with Crippen LogP contribution in [0.2, 0.25) is 0 Å². The summed E-state index contributed by atoms with van der Waals surface area (Å²) in [6.45, 7) is 9.44. The lowest BCUT2D eigenvalue weighted by molar-refractivity contribution is 0.0419. The summed E-state index contributed by atoms with van der Waals surface area (Å²) in [5.41, 5.74) is -0.473. The van der Waals surface area contributed by atoms with Crippen LogP contribution in [-0.4, -0.2) is 66.3 Å². The number of amides is 1. The monoisotopic (exact) mass is 345 g/mol. The normalized spacial score (nSPS) is 24.7. The number of carbonyl (C=O) groups is 1. The lowest BCUT2D eigenvalue weighted by atomic mass is 10.0. The topological polar surface area (TPSA) is 54.0 Å². The highest BCUT2D eigenvalue weighted by Crippen LogP contribution is 2.28. The molecule has 2 saturated heterocycles. The number of rotatable bonds is 4. The van der Waals surface area contributed by atoms with Gasteiger partial charge in [-0.25, -0.2) is 9.10 Å². The van der Waals surface area contributed by atoms with Gasteiger partial charge in [0.15, 0.2) is 0 Å². The van der Waals surface area contributed by atoms with Gasteiger partial charge in [-0.3, -0.25) is 4.72 Å². The summed E-state index contributed by atoms with van der Waals surface area (Å²) in [6.07, 6.45) is 4.04. The number of likely N-dealkylation sites (tertiary alicyclic amines) is 1. The minimum Gasteiger partial charge on any atom is -0.443 e. The van der Waals surface area contributed by atoms with Gasteiger partial charge in [-0.05, 0) is 60.0 Å². The largest absolute Gasteiger partial charge is 0.443 e. The Hall–Kier alpha value is -0.500. The van der Waals surface area contributed by atoms with Crippen molar-refractivity contribution in [2.75, 3.05) is 33.4 Å². The molecule has 134 valence electrons. The Labute approximate surface area is 144 Å². The number of piperidine rings is 1. The first kappa shape index (κ1) is 18.8. The molecule has 6 nitrogen and oxygen atoms in total. The average Bonchev–Trinajstić information content (AvgIpc) is 2.47. The summed E-state index contributed by atoms with van der Waals surface area (Å²) < 4.78 is 16.1. The van der Waals surface area contributed by atoms with Crippen LogP contribution in [0.1, 0.15) is 46.5 Å². The maximum absolute atomic E-state index is 12.0. The van der Waals surface area contributed by atoms with Gasteiger partial charge in [-0.15, -0.1) is 0 Å². The fourth-order valence-corrected chi connectivity index (χ4v) is 4.03. The zero-order valence-electron chi connectivity index (χ0n) is 14.8. The van der Waals surface area contributed by atoms with Crippen LogP contribution in [0.15, 0.2) is 0 Å². The van der Waals surface area contributed by atoms with Gasteiger partial charge in [0, 0.05) is 44.0 Å². The molecule has 1 N–H and O–H groups in total. The van der Waals surface area contributed by atoms with E-state index < -0.39 is 5.60 Å². The third-order valence-corrected chi connectivity index (χ3v) is 5.21. The third kappa shape index (κ3) is 6.49. The van der Waals surface area contributed by atoms with Crippen molar-refractivity contribution in [3.8, 4) is 0 Å². The van der Waals surface area contributed by atoms with Crippen molar-refractivity contribution in [2.24, 2.45) is 0 Å². The zero-order valence-corrected chi connectivity index (χ0v) is 15.7. The molecule has 1 atom stereocenters. The molecule has 0 aliphatic carbocycles. The first-order valence-electron chi connectivity index (χ1n) is 8.56. The van der Waals surface area contributed by atoms with Crippen LogP contribution in [-0.2, 0) is 9.47 Å². The molecule has 2 fully saturated rings. The van der Waals surface area contributed by atoms with Gasteiger partial charge in [0.05, 0.1) is 0 Å². The standard InChI is InChI=1S/C16H31N3O3S/c1-16(2,3)22-15(20)17-23-19(13-7-10-21-11-8-13)14-6-5-9-18(4)12-14/h13-14H,5-12H2,1-4H3,(H,17,20). The molecular formula is C16H31N3O3S. The van der Waals surface area contributed by atoms with Crippen molar-refractivity contribution in [1.82, 2.24) is 13.9 Å². The highest BCUT2D eigenvalue weighted by molar-refractivity contribution is 7.95. The van der Waals surface area contributed by atoms with Crippen LogP contribution < -0.4 is 4.72 Å². The molecular weight excluding hydrogens is 314 g/mol. The molecule has 0 radical (unpaired) electrons. The molecule has 0 aromatic rings. The molecule has 0 spiro atoms. The van der Waals surface area contributed by atoms with E-state index in [0.29, 0.717) is 12.1 Å². The third-order valence-electron chi connectivity index (χ3n) is 4.14. The van der Waals surface area contributed by atoms with Gasteiger partial charge in [-0.2, -0.15) is 0 Å². The van der Waals surface area contributed by atoms with Crippen molar-refractivity contribution >= 4 is 18.2 Å². The highest BCUT2D eigenvalue weighted by atomic mass is 32.2. The molecule has 7 heteroatoms. The van der Waals surface area contributed by atoms with Crippen LogP contribution in [0.4, 0.5) is 4.79 Å². The van der Waals surface area contributed by atoms with Crippen molar-refractivity contribution < 1.29 is 14.3 Å². The number of hydrogen-bond donors (Lipinski definition) is 1. The first-order chi connectivity index (χ1) is 10.8. The fourth-order valence-electron chi connectivity index (χ4n) is 3.12. The summed E-state index contributed by atoms with van der Waals surface area (Å²) in [6, 6.07) is 0.900. The molecule has 0 saturated carbocycles. The second-order valence-corrected chi connectivity index (χ2v) is 8.27. The number of hydrogen-bond acceptors (Lipinski definition) is 6. The molecule has 1 unspecified atom stereocenters. The summed E-state index contributed by atoms with van der Waals surface area (Å²) >= 11 is 1.41. The van der Waals surface area contributed by atoms with Gasteiger partial charge in [0.1, 0.15) is 5.60 Å². The van der Waals surface area contributed by atoms with E-state index in [9.17, 15) is 4.79 Å². The van der Waals surface area contributed by atoms with Crippen LogP contribution >= 0.6 is 12.1 Å². The van der Waals surface area contributed by atoms with E-state index in [-0.39, 0.29) is 6.09 Å². The summed E-state index contributed by atoms with van der Waals surface area (Å²) in [5, 5.41) is 0. The van der Waals surface area contributed by atoms with Crippen LogP contribution in [0.5, 0.6) is 0 Å². The van der Waals surface area contributed by atoms with Gasteiger partial charge in [-0.1, -0.05) is 0 Å². The van der Waals surface area contributed by atoms with E-state index >= 15 is 0 Å². The molecule has 0 bridgehead atoms. The Bertz CT molecular complexity index is 383. The van der Waals surface area contributed by atoms with Crippen molar-refractivity contribution in [1.29, 1.82) is 0 Å². The molecule has 2 rings (SSSR count). The van der Waals surface area contributed by atoms with E-state index in [2.05, 4.69) is 21.0 Å². The van der Waals surface area contributed by atoms with Crippen LogP contribution in [0.25, 0.3) is 0 Å². The van der Waals surface area contributed by atoms with E-state index in [1.807, 2.05) is 20.8 Å². The Balaban J connectivity index is 1.94. The second kappa shape index (κ2) is 8.55. The van der Waals surface area contributed by atoms with E-state index in [0.717, 1.165) is 39.1 Å². The quantitative estimate of drug-likeness (QED) is 0.791. The molecule has 0 aromatic heterocycles. The maximum Gasteiger partial charge on any atom is 0.418 e. The fraction of sp³-hybridized carbons (Fsp3) is 0.938. The van der Waals surface area contributed by atoms with Crippen molar-refractivity contribution in [3.63, 3.8) is 0 Å². The number of ether oxygens (including phenoxy) is 2. The zero-order chi connectivity index (χ0) is 16.9. The SMILES string of the molecule is CN1CCCC(N(SNC(=O)OC(C)(C)C)C2CCOCC2)C1. The van der Waals surface area contributed by atoms with E-state index in [4.69, 9.17) is 9.47 Å². The van der Waals surface area contributed by atoms with Crippen molar-refractivity contribution in [2.45, 2.75) is 64.1 Å².